The van der Waals surface area contributed by atoms with Crippen LogP contribution in [0.15, 0.2) is 16.8 Å². The normalized spacial score (nSPS) is 17.7. The van der Waals surface area contributed by atoms with Crippen molar-refractivity contribution in [1.82, 2.24) is 15.0 Å². The van der Waals surface area contributed by atoms with Crippen molar-refractivity contribution in [3.05, 3.63) is 33.1 Å². The fraction of sp³-hybridized carbons (Fsp3) is 0.533. The quantitative estimate of drug-likeness (QED) is 0.858. The molecule has 0 aliphatic carbocycles. The lowest BCUT2D eigenvalue weighted by Gasteiger charge is -2.37. The van der Waals surface area contributed by atoms with Crippen LogP contribution in [0.4, 0.5) is 0 Å². The number of rotatable bonds is 3. The minimum absolute atomic E-state index is 0.00695. The van der Waals surface area contributed by atoms with Crippen molar-refractivity contribution in [1.29, 1.82) is 0 Å². The van der Waals surface area contributed by atoms with E-state index in [0.717, 1.165) is 30.0 Å². The molecule has 2 aromatic heterocycles. The van der Waals surface area contributed by atoms with Crippen molar-refractivity contribution in [2.45, 2.75) is 38.5 Å². The van der Waals surface area contributed by atoms with Crippen molar-refractivity contribution in [3.8, 4) is 0 Å². The number of likely N-dealkylation sites (tertiary alicyclic amines) is 1. The van der Waals surface area contributed by atoms with Gasteiger partial charge < -0.3 is 9.42 Å². The molecule has 0 spiro atoms. The molecule has 1 fully saturated rings. The molecule has 118 valence electrons. The Morgan fingerprint density at radius 3 is 2.77 bits per heavy atom. The Morgan fingerprint density at radius 1 is 1.50 bits per heavy atom. The molecular formula is C15H18ClN3O2S. The highest BCUT2D eigenvalue weighted by atomic mass is 35.5. The molecule has 0 aromatic carbocycles. The first-order valence-electron chi connectivity index (χ1n) is 7.38. The van der Waals surface area contributed by atoms with Crippen LogP contribution in [0.2, 0.25) is 4.34 Å². The number of carbonyl (C=O) groups is 1. The van der Waals surface area contributed by atoms with Gasteiger partial charge in [0.2, 0.25) is 0 Å². The molecule has 1 aliphatic rings. The van der Waals surface area contributed by atoms with Crippen LogP contribution in [0.5, 0.6) is 0 Å². The Hall–Kier alpha value is -1.40. The Morgan fingerprint density at radius 2 is 2.23 bits per heavy atom. The van der Waals surface area contributed by atoms with Gasteiger partial charge in [-0.05, 0) is 12.8 Å². The molecule has 2 aromatic rings. The highest BCUT2D eigenvalue weighted by molar-refractivity contribution is 7.15. The van der Waals surface area contributed by atoms with Crippen LogP contribution < -0.4 is 0 Å². The van der Waals surface area contributed by atoms with E-state index in [1.807, 2.05) is 11.8 Å². The maximum Gasteiger partial charge on any atom is 0.276 e. The molecule has 0 saturated carbocycles. The van der Waals surface area contributed by atoms with Crippen LogP contribution in [0.25, 0.3) is 0 Å². The zero-order chi connectivity index (χ0) is 15.7. The summed E-state index contributed by atoms with van der Waals surface area (Å²) in [6, 6.07) is 1.73. The maximum absolute atomic E-state index is 12.4. The highest BCUT2D eigenvalue weighted by Gasteiger charge is 2.36. The first-order chi connectivity index (χ1) is 10.5. The SMILES string of the molecule is CCc1cc(C(=O)N2CCC(C)(c3ncc(Cl)s3)CC2)no1. The van der Waals surface area contributed by atoms with Crippen molar-refractivity contribution < 1.29 is 9.32 Å². The summed E-state index contributed by atoms with van der Waals surface area (Å²) in [6.07, 6.45) is 4.19. The van der Waals surface area contributed by atoms with Crippen LogP contribution in [0.3, 0.4) is 0 Å². The summed E-state index contributed by atoms with van der Waals surface area (Å²) in [5.74, 6) is 0.685. The summed E-state index contributed by atoms with van der Waals surface area (Å²) in [7, 11) is 0. The Kier molecular flexibility index (Phi) is 4.23. The number of aromatic nitrogens is 2. The highest BCUT2D eigenvalue weighted by Crippen LogP contribution is 2.38. The lowest BCUT2D eigenvalue weighted by atomic mass is 9.81. The van der Waals surface area contributed by atoms with Gasteiger partial charge in [0.15, 0.2) is 5.69 Å². The molecule has 3 heterocycles. The van der Waals surface area contributed by atoms with E-state index in [4.69, 9.17) is 16.1 Å². The molecule has 22 heavy (non-hydrogen) atoms. The molecule has 1 aliphatic heterocycles. The fourth-order valence-corrected chi connectivity index (χ4v) is 3.81. The van der Waals surface area contributed by atoms with Crippen LogP contribution in [0.1, 0.15) is 47.9 Å². The van der Waals surface area contributed by atoms with Crippen molar-refractivity contribution in [2.75, 3.05) is 13.1 Å². The molecule has 7 heteroatoms. The summed E-state index contributed by atoms with van der Waals surface area (Å²) in [5.41, 5.74) is 0.394. The molecule has 0 N–H and O–H groups in total. The molecule has 0 atom stereocenters. The van der Waals surface area contributed by atoms with E-state index in [0.29, 0.717) is 23.1 Å². The molecule has 0 bridgehead atoms. The number of aryl methyl sites for hydroxylation is 1. The zero-order valence-electron chi connectivity index (χ0n) is 12.6. The number of hydrogen-bond acceptors (Lipinski definition) is 5. The lowest BCUT2D eigenvalue weighted by Crippen LogP contribution is -2.44. The standard InChI is InChI=1S/C15H18ClN3O2S/c1-3-10-8-11(18-21-10)13(20)19-6-4-15(2,5-7-19)14-17-9-12(16)22-14/h8-9H,3-7H2,1-2H3. The lowest BCUT2D eigenvalue weighted by molar-refractivity contribution is 0.0665. The predicted molar refractivity (Wildman–Crippen MR) is 85.5 cm³/mol. The Bertz CT molecular complexity index is 674. The third kappa shape index (κ3) is 2.90. The van der Waals surface area contributed by atoms with Gasteiger partial charge in [-0.3, -0.25) is 4.79 Å². The topological polar surface area (TPSA) is 59.2 Å². The molecule has 0 unspecified atom stereocenters. The maximum atomic E-state index is 12.4. The molecular weight excluding hydrogens is 322 g/mol. The summed E-state index contributed by atoms with van der Waals surface area (Å²) < 4.78 is 5.83. The third-order valence-corrected chi connectivity index (χ3v) is 5.70. The monoisotopic (exact) mass is 339 g/mol. The second-order valence-electron chi connectivity index (χ2n) is 5.85. The average molecular weight is 340 g/mol. The average Bonchev–Trinajstić information content (AvgIpc) is 3.16. The van der Waals surface area contributed by atoms with E-state index in [9.17, 15) is 4.79 Å². The van der Waals surface area contributed by atoms with Crippen molar-refractivity contribution >= 4 is 28.8 Å². The van der Waals surface area contributed by atoms with Crippen LogP contribution >= 0.6 is 22.9 Å². The minimum Gasteiger partial charge on any atom is -0.361 e. The number of thiazole rings is 1. The first kappa shape index (κ1) is 15.5. The fourth-order valence-electron chi connectivity index (χ4n) is 2.69. The number of nitrogens with zero attached hydrogens (tertiary/aromatic N) is 3. The van der Waals surface area contributed by atoms with Gasteiger partial charge in [-0.1, -0.05) is 30.6 Å². The number of carbonyl (C=O) groups excluding carboxylic acids is 1. The second kappa shape index (κ2) is 6.01. The molecule has 3 rings (SSSR count). The Balaban J connectivity index is 1.67. The van der Waals surface area contributed by atoms with E-state index < -0.39 is 0 Å². The van der Waals surface area contributed by atoms with E-state index in [-0.39, 0.29) is 11.3 Å². The largest absolute Gasteiger partial charge is 0.361 e. The minimum atomic E-state index is -0.0531. The summed E-state index contributed by atoms with van der Waals surface area (Å²) in [5, 5.41) is 4.92. The number of piperidine rings is 1. The summed E-state index contributed by atoms with van der Waals surface area (Å²) in [6.45, 7) is 5.55. The van der Waals surface area contributed by atoms with Gasteiger partial charge in [-0.25, -0.2) is 4.98 Å². The second-order valence-corrected chi connectivity index (χ2v) is 7.52. The van der Waals surface area contributed by atoms with Gasteiger partial charge in [0.05, 0.1) is 6.20 Å². The Labute approximate surface area is 138 Å². The van der Waals surface area contributed by atoms with Crippen molar-refractivity contribution in [3.63, 3.8) is 0 Å². The van der Waals surface area contributed by atoms with Gasteiger partial charge >= 0.3 is 0 Å². The summed E-state index contributed by atoms with van der Waals surface area (Å²) in [4.78, 5) is 18.7. The van der Waals surface area contributed by atoms with E-state index in [1.165, 1.54) is 11.3 Å². The number of hydrogen-bond donors (Lipinski definition) is 0. The van der Waals surface area contributed by atoms with Crippen molar-refractivity contribution in [2.24, 2.45) is 0 Å². The van der Waals surface area contributed by atoms with Gasteiger partial charge in [0.25, 0.3) is 5.91 Å². The van der Waals surface area contributed by atoms with E-state index in [1.54, 1.807) is 12.3 Å². The van der Waals surface area contributed by atoms with Crippen LogP contribution in [-0.4, -0.2) is 34.0 Å². The number of halogens is 1. The zero-order valence-corrected chi connectivity index (χ0v) is 14.2. The van der Waals surface area contributed by atoms with Crippen LogP contribution in [0, 0.1) is 0 Å². The molecule has 5 nitrogen and oxygen atoms in total. The smallest absolute Gasteiger partial charge is 0.276 e. The third-order valence-electron chi connectivity index (χ3n) is 4.27. The van der Waals surface area contributed by atoms with Gasteiger partial charge in [-0.15, -0.1) is 11.3 Å². The van der Waals surface area contributed by atoms with E-state index in [2.05, 4.69) is 17.1 Å². The van der Waals surface area contributed by atoms with Gasteiger partial charge in [0, 0.05) is 31.0 Å². The number of amides is 1. The first-order valence-corrected chi connectivity index (χ1v) is 8.58. The van der Waals surface area contributed by atoms with Gasteiger partial charge in [0.1, 0.15) is 15.1 Å². The van der Waals surface area contributed by atoms with Gasteiger partial charge in [-0.2, -0.15) is 0 Å². The molecule has 1 saturated heterocycles. The van der Waals surface area contributed by atoms with Crippen LogP contribution in [-0.2, 0) is 11.8 Å². The summed E-state index contributed by atoms with van der Waals surface area (Å²) >= 11 is 7.52. The predicted octanol–water partition coefficient (Wildman–Crippen LogP) is 3.54. The molecule has 0 radical (unpaired) electrons. The van der Waals surface area contributed by atoms with E-state index >= 15 is 0 Å². The molecule has 1 amide bonds.